The van der Waals surface area contributed by atoms with E-state index in [0.717, 1.165) is 6.42 Å². The van der Waals surface area contributed by atoms with Crippen molar-refractivity contribution in [3.8, 4) is 0 Å². The minimum Gasteiger partial charge on any atom is -0.297 e. The van der Waals surface area contributed by atoms with E-state index in [0.29, 0.717) is 12.0 Å². The predicted molar refractivity (Wildman–Crippen MR) is 63.8 cm³/mol. The Balaban J connectivity index is 2.81. The molecule has 0 aromatic heterocycles. The van der Waals surface area contributed by atoms with E-state index in [2.05, 4.69) is 56.8 Å². The van der Waals surface area contributed by atoms with Gasteiger partial charge in [0.05, 0.1) is 6.04 Å². The summed E-state index contributed by atoms with van der Waals surface area (Å²) in [4.78, 5) is 4.08. The van der Waals surface area contributed by atoms with Gasteiger partial charge in [-0.25, -0.2) is 0 Å². The smallest absolute Gasteiger partial charge is 0.0526 e. The van der Waals surface area contributed by atoms with E-state index in [1.165, 1.54) is 11.1 Å². The van der Waals surface area contributed by atoms with Crippen LogP contribution in [0.5, 0.6) is 0 Å². The molecule has 0 aliphatic heterocycles. The summed E-state index contributed by atoms with van der Waals surface area (Å²) in [7, 11) is 0. The molecule has 1 nitrogen and oxygen atoms in total. The SMILES string of the molecule is C=NC(C)C(C)/C(C)=C1\C=CC=CC1. The van der Waals surface area contributed by atoms with Gasteiger partial charge in [0.2, 0.25) is 0 Å². The highest BCUT2D eigenvalue weighted by molar-refractivity contribution is 5.34. The molecule has 1 rings (SSSR count). The molecule has 0 aromatic carbocycles. The van der Waals surface area contributed by atoms with Crippen LogP contribution in [0, 0.1) is 5.92 Å². The second-order valence-electron chi connectivity index (χ2n) is 3.91. The normalized spacial score (nSPS) is 23.1. The van der Waals surface area contributed by atoms with Crippen molar-refractivity contribution in [3.63, 3.8) is 0 Å². The minimum absolute atomic E-state index is 0.307. The molecule has 14 heavy (non-hydrogen) atoms. The van der Waals surface area contributed by atoms with E-state index in [-0.39, 0.29) is 0 Å². The molecule has 0 N–H and O–H groups in total. The quantitative estimate of drug-likeness (QED) is 0.602. The average molecular weight is 189 g/mol. The van der Waals surface area contributed by atoms with Crippen molar-refractivity contribution < 1.29 is 0 Å². The fourth-order valence-electron chi connectivity index (χ4n) is 1.62. The Morgan fingerprint density at radius 2 is 2.14 bits per heavy atom. The Morgan fingerprint density at radius 1 is 1.43 bits per heavy atom. The van der Waals surface area contributed by atoms with Gasteiger partial charge in [0.15, 0.2) is 0 Å². The van der Waals surface area contributed by atoms with Crippen molar-refractivity contribution >= 4 is 6.72 Å². The van der Waals surface area contributed by atoms with Crippen molar-refractivity contribution in [2.24, 2.45) is 10.9 Å². The summed E-state index contributed by atoms with van der Waals surface area (Å²) in [5, 5.41) is 0. The summed E-state index contributed by atoms with van der Waals surface area (Å²) in [6.07, 6.45) is 9.63. The number of rotatable bonds is 3. The van der Waals surface area contributed by atoms with Crippen molar-refractivity contribution in [2.75, 3.05) is 0 Å². The molecule has 1 aliphatic carbocycles. The Labute approximate surface area is 86.9 Å². The molecule has 2 unspecified atom stereocenters. The van der Waals surface area contributed by atoms with Crippen molar-refractivity contribution in [2.45, 2.75) is 33.2 Å². The molecule has 0 bridgehead atoms. The number of nitrogens with zero attached hydrogens (tertiary/aromatic N) is 1. The predicted octanol–water partition coefficient (Wildman–Crippen LogP) is 3.54. The summed E-state index contributed by atoms with van der Waals surface area (Å²) in [5.41, 5.74) is 2.86. The highest BCUT2D eigenvalue weighted by Crippen LogP contribution is 2.24. The van der Waals surface area contributed by atoms with Gasteiger partial charge in [0.1, 0.15) is 0 Å². The number of hydrogen-bond donors (Lipinski definition) is 0. The summed E-state index contributed by atoms with van der Waals surface area (Å²) < 4.78 is 0. The van der Waals surface area contributed by atoms with Crippen molar-refractivity contribution in [1.29, 1.82) is 0 Å². The molecule has 1 aliphatic rings. The maximum atomic E-state index is 4.08. The number of hydrogen-bond acceptors (Lipinski definition) is 1. The fourth-order valence-corrected chi connectivity index (χ4v) is 1.62. The Hall–Kier alpha value is -1.11. The van der Waals surface area contributed by atoms with Crippen molar-refractivity contribution in [1.82, 2.24) is 0 Å². The van der Waals surface area contributed by atoms with Gasteiger partial charge in [-0.05, 0) is 38.5 Å². The topological polar surface area (TPSA) is 12.4 Å². The summed E-state index contributed by atoms with van der Waals surface area (Å²) in [5.74, 6) is 0.485. The zero-order valence-corrected chi connectivity index (χ0v) is 9.33. The Bertz CT molecular complexity index is 294. The second kappa shape index (κ2) is 4.94. The zero-order valence-electron chi connectivity index (χ0n) is 9.33. The summed E-state index contributed by atoms with van der Waals surface area (Å²) in [6, 6.07) is 0.307. The van der Waals surface area contributed by atoms with Gasteiger partial charge in [0.25, 0.3) is 0 Å². The van der Waals surface area contributed by atoms with Gasteiger partial charge in [-0.2, -0.15) is 0 Å². The molecule has 0 fully saturated rings. The fraction of sp³-hybridized carbons (Fsp3) is 0.462. The second-order valence-corrected chi connectivity index (χ2v) is 3.91. The van der Waals surface area contributed by atoms with E-state index in [4.69, 9.17) is 0 Å². The standard InChI is InChI=1S/C13H19N/c1-10(12(3)14-4)11(2)13-8-6-5-7-9-13/h5-8,10,12H,4,9H2,1-3H3/b13-11+. The van der Waals surface area contributed by atoms with E-state index in [9.17, 15) is 0 Å². The van der Waals surface area contributed by atoms with E-state index in [1.54, 1.807) is 0 Å². The molecule has 0 saturated carbocycles. The van der Waals surface area contributed by atoms with Gasteiger partial charge in [0, 0.05) is 0 Å². The molecule has 0 spiro atoms. The molecule has 0 aromatic rings. The minimum atomic E-state index is 0.307. The van der Waals surface area contributed by atoms with Gasteiger partial charge >= 0.3 is 0 Å². The van der Waals surface area contributed by atoms with Gasteiger partial charge in [-0.1, -0.05) is 36.8 Å². The van der Waals surface area contributed by atoms with Crippen LogP contribution in [0.1, 0.15) is 27.2 Å². The van der Waals surface area contributed by atoms with Crippen molar-refractivity contribution in [3.05, 3.63) is 35.5 Å². The van der Waals surface area contributed by atoms with Gasteiger partial charge in [-0.3, -0.25) is 4.99 Å². The highest BCUT2D eigenvalue weighted by atomic mass is 14.7. The lowest BCUT2D eigenvalue weighted by Gasteiger charge is -2.19. The molecule has 76 valence electrons. The van der Waals surface area contributed by atoms with Crippen LogP contribution < -0.4 is 0 Å². The monoisotopic (exact) mass is 189 g/mol. The molecule has 0 heterocycles. The third kappa shape index (κ3) is 2.44. The largest absolute Gasteiger partial charge is 0.297 e. The first-order valence-corrected chi connectivity index (χ1v) is 5.15. The molecule has 0 radical (unpaired) electrons. The van der Waals surface area contributed by atoms with Crippen LogP contribution in [0.15, 0.2) is 40.4 Å². The van der Waals surface area contributed by atoms with E-state index >= 15 is 0 Å². The molecule has 1 heteroatoms. The first-order chi connectivity index (χ1) is 6.66. The summed E-state index contributed by atoms with van der Waals surface area (Å²) in [6.45, 7) is 10.1. The van der Waals surface area contributed by atoms with Gasteiger partial charge in [-0.15, -0.1) is 0 Å². The van der Waals surface area contributed by atoms with Crippen LogP contribution in [0.2, 0.25) is 0 Å². The van der Waals surface area contributed by atoms with Crippen LogP contribution in [0.25, 0.3) is 0 Å². The lowest BCUT2D eigenvalue weighted by molar-refractivity contribution is 0.554. The lowest BCUT2D eigenvalue weighted by Crippen LogP contribution is -2.13. The van der Waals surface area contributed by atoms with Crippen LogP contribution in [0.4, 0.5) is 0 Å². The first-order valence-electron chi connectivity index (χ1n) is 5.15. The molecular formula is C13H19N. The molecular weight excluding hydrogens is 170 g/mol. The van der Waals surface area contributed by atoms with E-state index in [1.807, 2.05) is 0 Å². The Kier molecular flexibility index (Phi) is 3.87. The molecule has 2 atom stereocenters. The van der Waals surface area contributed by atoms with Gasteiger partial charge < -0.3 is 0 Å². The molecule has 0 saturated heterocycles. The third-order valence-electron chi connectivity index (χ3n) is 3.08. The first kappa shape index (κ1) is 11.0. The van der Waals surface area contributed by atoms with Crippen LogP contribution in [-0.4, -0.2) is 12.8 Å². The molecule has 0 amide bonds. The maximum Gasteiger partial charge on any atom is 0.0526 e. The zero-order chi connectivity index (χ0) is 10.6. The van der Waals surface area contributed by atoms with Crippen LogP contribution in [0.3, 0.4) is 0 Å². The number of allylic oxidation sites excluding steroid dienone is 5. The highest BCUT2D eigenvalue weighted by Gasteiger charge is 2.14. The maximum absolute atomic E-state index is 4.08. The number of aliphatic imine (C=N–C) groups is 1. The summed E-state index contributed by atoms with van der Waals surface area (Å²) >= 11 is 0. The Morgan fingerprint density at radius 3 is 2.64 bits per heavy atom. The van der Waals surface area contributed by atoms with Crippen LogP contribution in [-0.2, 0) is 0 Å². The van der Waals surface area contributed by atoms with E-state index < -0.39 is 0 Å². The third-order valence-corrected chi connectivity index (χ3v) is 3.08. The lowest BCUT2D eigenvalue weighted by atomic mass is 9.89. The average Bonchev–Trinajstić information content (AvgIpc) is 2.27. The van der Waals surface area contributed by atoms with Crippen LogP contribution >= 0.6 is 0 Å².